The van der Waals surface area contributed by atoms with Crippen molar-refractivity contribution < 1.29 is 4.79 Å². The second kappa shape index (κ2) is 7.53. The molecule has 1 aromatic carbocycles. The average Bonchev–Trinajstić information content (AvgIpc) is 3.24. The Bertz CT molecular complexity index is 903. The largest absolute Gasteiger partial charge is 0.368 e. The number of nitrogens with zero attached hydrogens (tertiary/aromatic N) is 5. The number of nitrogens with two attached hydrogens (primary N) is 1. The first-order valence-electron chi connectivity index (χ1n) is 9.03. The minimum atomic E-state index is -0.165. The molecule has 0 radical (unpaired) electrons. The van der Waals surface area contributed by atoms with Gasteiger partial charge in [-0.05, 0) is 25.7 Å². The summed E-state index contributed by atoms with van der Waals surface area (Å²) in [6.45, 7) is 0. The highest BCUT2D eigenvalue weighted by molar-refractivity contribution is 5.99. The van der Waals surface area contributed by atoms with E-state index < -0.39 is 0 Å². The number of aromatic nitrogens is 5. The first-order valence-corrected chi connectivity index (χ1v) is 9.03. The normalized spacial score (nSPS) is 19.6. The van der Waals surface area contributed by atoms with Gasteiger partial charge >= 0.3 is 0 Å². The molecule has 0 saturated heterocycles. The highest BCUT2D eigenvalue weighted by Crippen LogP contribution is 2.28. The van der Waals surface area contributed by atoms with E-state index in [-0.39, 0.29) is 17.9 Å². The van der Waals surface area contributed by atoms with Crippen molar-refractivity contribution in [2.45, 2.75) is 37.8 Å². The molecular weight excluding hydrogens is 342 g/mol. The molecule has 2 aromatic heterocycles. The highest BCUT2D eigenvalue weighted by Gasteiger charge is 2.25. The maximum absolute atomic E-state index is 12.9. The second-order valence-electron chi connectivity index (χ2n) is 6.74. The molecule has 138 valence electrons. The van der Waals surface area contributed by atoms with E-state index in [1.165, 1.54) is 6.20 Å². The third kappa shape index (κ3) is 3.79. The van der Waals surface area contributed by atoms with Gasteiger partial charge in [-0.3, -0.25) is 4.79 Å². The molecule has 27 heavy (non-hydrogen) atoms. The van der Waals surface area contributed by atoms with E-state index in [9.17, 15) is 4.79 Å². The first-order chi connectivity index (χ1) is 13.2. The van der Waals surface area contributed by atoms with Crippen molar-refractivity contribution in [2.75, 3.05) is 5.73 Å². The lowest BCUT2D eigenvalue weighted by molar-refractivity contribution is 0.0922. The summed E-state index contributed by atoms with van der Waals surface area (Å²) in [7, 11) is 0. The van der Waals surface area contributed by atoms with E-state index in [0.29, 0.717) is 17.3 Å². The van der Waals surface area contributed by atoms with Crippen LogP contribution in [-0.4, -0.2) is 36.7 Å². The number of hydrogen-bond acceptors (Lipinski definition) is 6. The van der Waals surface area contributed by atoms with Crippen molar-refractivity contribution in [3.63, 3.8) is 0 Å². The second-order valence-corrected chi connectivity index (χ2v) is 6.74. The Morgan fingerprint density at radius 3 is 2.48 bits per heavy atom. The summed E-state index contributed by atoms with van der Waals surface area (Å²) >= 11 is 0. The molecule has 1 aliphatic carbocycles. The van der Waals surface area contributed by atoms with Crippen LogP contribution >= 0.6 is 0 Å². The van der Waals surface area contributed by atoms with E-state index in [0.717, 1.165) is 31.2 Å². The Hall–Kier alpha value is -3.29. The van der Waals surface area contributed by atoms with Crippen LogP contribution in [0.15, 0.2) is 49.2 Å². The highest BCUT2D eigenvalue weighted by atomic mass is 16.1. The van der Waals surface area contributed by atoms with Crippen LogP contribution in [0.5, 0.6) is 0 Å². The zero-order valence-corrected chi connectivity index (χ0v) is 14.8. The summed E-state index contributed by atoms with van der Waals surface area (Å²) < 4.78 is 2.04. The lowest BCUT2D eigenvalue weighted by Gasteiger charge is -2.29. The third-order valence-corrected chi connectivity index (χ3v) is 4.99. The molecule has 1 amide bonds. The van der Waals surface area contributed by atoms with Gasteiger partial charge in [0, 0.05) is 23.8 Å². The molecule has 4 rings (SSSR count). The van der Waals surface area contributed by atoms with Crippen LogP contribution < -0.4 is 11.1 Å². The van der Waals surface area contributed by atoms with E-state index in [1.807, 2.05) is 34.9 Å². The zero-order chi connectivity index (χ0) is 18.6. The van der Waals surface area contributed by atoms with Crippen molar-refractivity contribution >= 4 is 11.9 Å². The Morgan fingerprint density at radius 2 is 1.78 bits per heavy atom. The van der Waals surface area contributed by atoms with Gasteiger partial charge in [-0.15, -0.1) is 10.2 Å². The van der Waals surface area contributed by atoms with Gasteiger partial charge in [0.2, 0.25) is 5.95 Å². The van der Waals surface area contributed by atoms with Crippen LogP contribution in [0, 0.1) is 0 Å². The molecule has 3 aromatic rings. The number of nitrogen functional groups attached to an aromatic ring is 1. The van der Waals surface area contributed by atoms with Crippen LogP contribution in [0.4, 0.5) is 5.95 Å². The molecule has 0 spiro atoms. The number of rotatable bonds is 4. The minimum Gasteiger partial charge on any atom is -0.368 e. The number of nitrogens with one attached hydrogen (secondary N) is 1. The summed E-state index contributed by atoms with van der Waals surface area (Å²) in [6, 6.07) is 10.1. The van der Waals surface area contributed by atoms with Gasteiger partial charge in [0.1, 0.15) is 12.7 Å². The molecule has 0 aliphatic heterocycles. The van der Waals surface area contributed by atoms with Gasteiger partial charge < -0.3 is 15.6 Å². The number of hydrogen-bond donors (Lipinski definition) is 2. The Labute approximate surface area is 156 Å². The quantitative estimate of drug-likeness (QED) is 0.735. The van der Waals surface area contributed by atoms with E-state index in [1.54, 1.807) is 12.7 Å². The molecule has 0 bridgehead atoms. The topological polar surface area (TPSA) is 112 Å². The summed E-state index contributed by atoms with van der Waals surface area (Å²) in [5.41, 5.74) is 7.58. The Morgan fingerprint density at radius 1 is 1.07 bits per heavy atom. The molecule has 8 nitrogen and oxygen atoms in total. The van der Waals surface area contributed by atoms with Crippen molar-refractivity contribution in [3.8, 4) is 11.3 Å². The molecule has 1 aliphatic rings. The van der Waals surface area contributed by atoms with Crippen molar-refractivity contribution in [1.29, 1.82) is 0 Å². The van der Waals surface area contributed by atoms with Gasteiger partial charge in [0.25, 0.3) is 5.91 Å². The van der Waals surface area contributed by atoms with Crippen LogP contribution in [0.3, 0.4) is 0 Å². The molecule has 1 saturated carbocycles. The lowest BCUT2D eigenvalue weighted by Crippen LogP contribution is -2.38. The average molecular weight is 363 g/mol. The Balaban J connectivity index is 1.46. The molecule has 3 N–H and O–H groups in total. The van der Waals surface area contributed by atoms with Gasteiger partial charge in [-0.1, -0.05) is 30.3 Å². The summed E-state index contributed by atoms with van der Waals surface area (Å²) in [6.07, 6.45) is 8.78. The summed E-state index contributed by atoms with van der Waals surface area (Å²) in [4.78, 5) is 21.2. The molecule has 2 heterocycles. The predicted molar refractivity (Wildman–Crippen MR) is 101 cm³/mol. The Kier molecular flexibility index (Phi) is 4.78. The van der Waals surface area contributed by atoms with Crippen LogP contribution in [-0.2, 0) is 0 Å². The van der Waals surface area contributed by atoms with E-state index in [2.05, 4.69) is 25.5 Å². The number of carbonyl (C=O) groups is 1. The molecule has 8 heteroatoms. The molecule has 1 fully saturated rings. The molecule has 0 unspecified atom stereocenters. The van der Waals surface area contributed by atoms with Gasteiger partial charge in [0.15, 0.2) is 0 Å². The predicted octanol–water partition coefficient (Wildman–Crippen LogP) is 2.23. The monoisotopic (exact) mass is 363 g/mol. The number of amides is 1. The zero-order valence-electron chi connectivity index (χ0n) is 14.8. The van der Waals surface area contributed by atoms with Crippen LogP contribution in [0.1, 0.15) is 42.1 Å². The maximum atomic E-state index is 12.9. The third-order valence-electron chi connectivity index (χ3n) is 4.99. The molecule has 0 atom stereocenters. The fourth-order valence-corrected chi connectivity index (χ4v) is 3.56. The fraction of sp³-hybridized carbons (Fsp3) is 0.316. The first kappa shape index (κ1) is 17.1. The maximum Gasteiger partial charge on any atom is 0.255 e. The SMILES string of the molecule is Nc1ncc(C(=O)NC2CCC(n3cnnc3)CC2)c(-c2ccccc2)n1. The summed E-state index contributed by atoms with van der Waals surface area (Å²) in [5.74, 6) is -0.0125. The molecular formula is C19H21N7O. The minimum absolute atomic E-state index is 0.131. The van der Waals surface area contributed by atoms with Crippen LogP contribution in [0.2, 0.25) is 0 Å². The number of benzene rings is 1. The fourth-order valence-electron chi connectivity index (χ4n) is 3.56. The van der Waals surface area contributed by atoms with E-state index in [4.69, 9.17) is 5.73 Å². The van der Waals surface area contributed by atoms with Crippen molar-refractivity contribution in [2.24, 2.45) is 0 Å². The van der Waals surface area contributed by atoms with Gasteiger partial charge in [-0.25, -0.2) is 9.97 Å². The van der Waals surface area contributed by atoms with Crippen molar-refractivity contribution in [3.05, 3.63) is 54.7 Å². The lowest BCUT2D eigenvalue weighted by atomic mass is 9.91. The summed E-state index contributed by atoms with van der Waals surface area (Å²) in [5, 5.41) is 10.9. The standard InChI is InChI=1S/C19H21N7O/c20-19-21-10-16(17(25-19)13-4-2-1-3-5-13)18(27)24-14-6-8-15(9-7-14)26-11-22-23-12-26/h1-5,10-12,14-15H,6-9H2,(H,24,27)(H2,20,21,25). The van der Waals surface area contributed by atoms with E-state index >= 15 is 0 Å². The smallest absolute Gasteiger partial charge is 0.255 e. The van der Waals surface area contributed by atoms with Gasteiger partial charge in [0.05, 0.1) is 11.3 Å². The number of carbonyl (C=O) groups excluding carboxylic acids is 1. The van der Waals surface area contributed by atoms with Crippen molar-refractivity contribution in [1.82, 2.24) is 30.0 Å². The van der Waals surface area contributed by atoms with Gasteiger partial charge in [-0.2, -0.15) is 0 Å². The van der Waals surface area contributed by atoms with Crippen LogP contribution in [0.25, 0.3) is 11.3 Å². The number of anilines is 1.